The number of hydrogen-bond donors (Lipinski definition) is 0. The molecule has 19 heavy (non-hydrogen) atoms. The van der Waals surface area contributed by atoms with Gasteiger partial charge in [0.25, 0.3) is 0 Å². The van der Waals surface area contributed by atoms with Crippen LogP contribution in [0, 0.1) is 0 Å². The van der Waals surface area contributed by atoms with Crippen LogP contribution in [0.25, 0.3) is 10.2 Å². The van der Waals surface area contributed by atoms with Crippen LogP contribution in [0.4, 0.5) is 0 Å². The number of nitrogens with zero attached hydrogens (tertiary/aromatic N) is 2. The van der Waals surface area contributed by atoms with Crippen molar-refractivity contribution in [2.45, 2.75) is 18.8 Å². The molecule has 4 nitrogen and oxygen atoms in total. The van der Waals surface area contributed by atoms with E-state index < -0.39 is 10.0 Å². The lowest BCUT2D eigenvalue weighted by Gasteiger charge is -2.29. The summed E-state index contributed by atoms with van der Waals surface area (Å²) >= 11 is 1.73. The Morgan fingerprint density at radius 3 is 2.58 bits per heavy atom. The summed E-state index contributed by atoms with van der Waals surface area (Å²) < 4.78 is 25.7. The fourth-order valence-electron chi connectivity index (χ4n) is 2.50. The molecule has 3 rings (SSSR count). The van der Waals surface area contributed by atoms with Crippen molar-refractivity contribution in [3.63, 3.8) is 0 Å². The maximum atomic E-state index is 11.5. The quantitative estimate of drug-likeness (QED) is 0.855. The van der Waals surface area contributed by atoms with Gasteiger partial charge in [0.05, 0.1) is 21.5 Å². The summed E-state index contributed by atoms with van der Waals surface area (Å²) in [6, 6.07) is 8.14. The van der Waals surface area contributed by atoms with Crippen LogP contribution in [0.5, 0.6) is 0 Å². The van der Waals surface area contributed by atoms with Crippen LogP contribution >= 0.6 is 11.3 Å². The van der Waals surface area contributed by atoms with E-state index in [-0.39, 0.29) is 0 Å². The maximum Gasteiger partial charge on any atom is 0.211 e. The largest absolute Gasteiger partial charge is 0.241 e. The van der Waals surface area contributed by atoms with Gasteiger partial charge in [-0.3, -0.25) is 0 Å². The van der Waals surface area contributed by atoms with Crippen molar-refractivity contribution >= 4 is 31.6 Å². The summed E-state index contributed by atoms with van der Waals surface area (Å²) in [6.45, 7) is 1.22. The van der Waals surface area contributed by atoms with E-state index in [2.05, 4.69) is 11.1 Å². The Hall–Kier alpha value is -0.980. The number of para-hydroxylation sites is 1. The van der Waals surface area contributed by atoms with Gasteiger partial charge in [-0.2, -0.15) is 0 Å². The van der Waals surface area contributed by atoms with E-state index in [0.29, 0.717) is 19.0 Å². The highest BCUT2D eigenvalue weighted by molar-refractivity contribution is 7.88. The van der Waals surface area contributed by atoms with Crippen LogP contribution < -0.4 is 0 Å². The lowest BCUT2D eigenvalue weighted by atomic mass is 9.99. The molecule has 1 aliphatic rings. The lowest BCUT2D eigenvalue weighted by molar-refractivity contribution is 0.321. The van der Waals surface area contributed by atoms with Crippen LogP contribution in [0.1, 0.15) is 23.8 Å². The lowest BCUT2D eigenvalue weighted by Crippen LogP contribution is -2.37. The monoisotopic (exact) mass is 296 g/mol. The molecule has 0 atom stereocenters. The zero-order valence-corrected chi connectivity index (χ0v) is 12.4. The number of fused-ring (bicyclic) bond motifs is 1. The zero-order chi connectivity index (χ0) is 13.5. The second-order valence-corrected chi connectivity index (χ2v) is 8.00. The molecule has 1 saturated heterocycles. The Bertz CT molecular complexity index is 652. The fourth-order valence-corrected chi connectivity index (χ4v) is 4.51. The fraction of sp³-hybridized carbons (Fsp3) is 0.462. The molecule has 0 radical (unpaired) electrons. The molecule has 0 unspecified atom stereocenters. The van der Waals surface area contributed by atoms with Gasteiger partial charge in [0.2, 0.25) is 10.0 Å². The normalized spacial score (nSPS) is 19.0. The second-order valence-electron chi connectivity index (χ2n) is 4.96. The summed E-state index contributed by atoms with van der Waals surface area (Å²) in [5, 5.41) is 1.15. The third-order valence-corrected chi connectivity index (χ3v) is 6.08. The average molecular weight is 296 g/mol. The van der Waals surface area contributed by atoms with Crippen LogP contribution in [0.2, 0.25) is 0 Å². The minimum atomic E-state index is -3.04. The highest BCUT2D eigenvalue weighted by Gasteiger charge is 2.27. The zero-order valence-electron chi connectivity index (χ0n) is 10.7. The maximum absolute atomic E-state index is 11.5. The van der Waals surface area contributed by atoms with Gasteiger partial charge in [0.1, 0.15) is 0 Å². The van der Waals surface area contributed by atoms with Gasteiger partial charge in [-0.15, -0.1) is 11.3 Å². The summed E-state index contributed by atoms with van der Waals surface area (Å²) in [5.41, 5.74) is 1.05. The minimum Gasteiger partial charge on any atom is -0.241 e. The average Bonchev–Trinajstić information content (AvgIpc) is 2.81. The van der Waals surface area contributed by atoms with E-state index in [1.807, 2.05) is 18.2 Å². The van der Waals surface area contributed by atoms with E-state index in [1.165, 1.54) is 11.0 Å². The van der Waals surface area contributed by atoms with E-state index in [4.69, 9.17) is 0 Å². The molecular formula is C13H16N2O2S2. The van der Waals surface area contributed by atoms with Gasteiger partial charge in [-0.1, -0.05) is 12.1 Å². The molecule has 1 aromatic carbocycles. The Balaban J connectivity index is 1.78. The Morgan fingerprint density at radius 2 is 1.95 bits per heavy atom. The smallest absolute Gasteiger partial charge is 0.211 e. The van der Waals surface area contributed by atoms with Crippen molar-refractivity contribution in [3.8, 4) is 0 Å². The topological polar surface area (TPSA) is 50.3 Å². The summed E-state index contributed by atoms with van der Waals surface area (Å²) in [6.07, 6.45) is 3.02. The first-order valence-electron chi connectivity index (χ1n) is 6.34. The number of aromatic nitrogens is 1. The van der Waals surface area contributed by atoms with Gasteiger partial charge < -0.3 is 0 Å². The molecule has 1 fully saturated rings. The number of hydrogen-bond acceptors (Lipinski definition) is 4. The second kappa shape index (κ2) is 4.85. The molecule has 2 heterocycles. The van der Waals surface area contributed by atoms with Gasteiger partial charge in [0, 0.05) is 19.0 Å². The molecule has 1 aliphatic heterocycles. The first kappa shape index (κ1) is 13.0. The van der Waals surface area contributed by atoms with Crippen LogP contribution in [-0.4, -0.2) is 37.1 Å². The minimum absolute atomic E-state index is 0.399. The predicted molar refractivity (Wildman–Crippen MR) is 78.0 cm³/mol. The van der Waals surface area contributed by atoms with Crippen molar-refractivity contribution in [1.29, 1.82) is 0 Å². The summed E-state index contributed by atoms with van der Waals surface area (Å²) in [7, 11) is -3.04. The molecule has 102 valence electrons. The Kier molecular flexibility index (Phi) is 3.32. The van der Waals surface area contributed by atoms with Crippen LogP contribution in [0.15, 0.2) is 24.3 Å². The summed E-state index contributed by atoms with van der Waals surface area (Å²) in [5.74, 6) is 0.399. The van der Waals surface area contributed by atoms with Crippen molar-refractivity contribution < 1.29 is 8.42 Å². The van der Waals surface area contributed by atoms with E-state index in [0.717, 1.165) is 23.4 Å². The standard InChI is InChI=1S/C13H16N2O2S2/c1-19(16,17)15-8-6-10(7-9-15)13-14-11-4-2-3-5-12(11)18-13/h2-5,10H,6-9H2,1H3. The molecular weight excluding hydrogens is 280 g/mol. The third kappa shape index (κ3) is 2.66. The predicted octanol–water partition coefficient (Wildman–Crippen LogP) is 2.44. The van der Waals surface area contributed by atoms with Crippen molar-refractivity contribution in [2.75, 3.05) is 19.3 Å². The molecule has 6 heteroatoms. The number of rotatable bonds is 2. The van der Waals surface area contributed by atoms with Crippen molar-refractivity contribution in [2.24, 2.45) is 0 Å². The molecule has 2 aromatic rings. The molecule has 0 amide bonds. The molecule has 0 aliphatic carbocycles. The van der Waals surface area contributed by atoms with E-state index in [1.54, 1.807) is 15.6 Å². The SMILES string of the molecule is CS(=O)(=O)N1CCC(c2nc3ccccc3s2)CC1. The van der Waals surface area contributed by atoms with Crippen molar-refractivity contribution in [3.05, 3.63) is 29.3 Å². The van der Waals surface area contributed by atoms with E-state index in [9.17, 15) is 8.42 Å². The molecule has 0 saturated carbocycles. The molecule has 0 N–H and O–H groups in total. The van der Waals surface area contributed by atoms with E-state index >= 15 is 0 Å². The van der Waals surface area contributed by atoms with Gasteiger partial charge in [-0.25, -0.2) is 17.7 Å². The van der Waals surface area contributed by atoms with Crippen molar-refractivity contribution in [1.82, 2.24) is 9.29 Å². The first-order valence-corrected chi connectivity index (χ1v) is 9.01. The highest BCUT2D eigenvalue weighted by Crippen LogP contribution is 2.34. The third-order valence-electron chi connectivity index (χ3n) is 3.58. The number of piperidine rings is 1. The number of benzene rings is 1. The first-order chi connectivity index (χ1) is 9.04. The molecule has 0 bridgehead atoms. The molecule has 1 aromatic heterocycles. The number of sulfonamides is 1. The Morgan fingerprint density at radius 1 is 1.26 bits per heavy atom. The Labute approximate surface area is 117 Å². The van der Waals surface area contributed by atoms with Gasteiger partial charge >= 0.3 is 0 Å². The molecule has 0 spiro atoms. The number of thiazole rings is 1. The van der Waals surface area contributed by atoms with Crippen LogP contribution in [0.3, 0.4) is 0 Å². The van der Waals surface area contributed by atoms with Gasteiger partial charge in [0.15, 0.2) is 0 Å². The highest BCUT2D eigenvalue weighted by atomic mass is 32.2. The summed E-state index contributed by atoms with van der Waals surface area (Å²) in [4.78, 5) is 4.67. The van der Waals surface area contributed by atoms with Crippen LogP contribution in [-0.2, 0) is 10.0 Å². The van der Waals surface area contributed by atoms with Gasteiger partial charge in [-0.05, 0) is 25.0 Å².